The first kappa shape index (κ1) is 22.4. The minimum Gasteiger partial charge on any atom is -0.384 e. The third-order valence-electron chi connectivity index (χ3n) is 5.24. The molecule has 0 fully saturated rings. The maximum absolute atomic E-state index is 14.5. The van der Waals surface area contributed by atoms with Gasteiger partial charge in [0.25, 0.3) is 0 Å². The van der Waals surface area contributed by atoms with E-state index in [-0.39, 0.29) is 11.3 Å². The minimum absolute atomic E-state index is 0.111. The van der Waals surface area contributed by atoms with Crippen molar-refractivity contribution >= 4 is 32.7 Å². The average Bonchev–Trinajstić information content (AvgIpc) is 3.21. The SMILES string of the molecule is CS(=O)(=O)Nc1cc(-c2ccc(F)cc2F)cc(-n2cnc3cc(-c4ccnc(N)c4)cnc32)c1. The number of nitrogens with two attached hydrogens (primary N) is 1. The second-order valence-corrected chi connectivity index (χ2v) is 9.67. The molecule has 0 spiro atoms. The lowest BCUT2D eigenvalue weighted by atomic mass is 10.0. The molecular weight excluding hydrogens is 474 g/mol. The number of anilines is 2. The Bertz CT molecular complexity index is 1700. The van der Waals surface area contributed by atoms with Gasteiger partial charge in [-0.2, -0.15) is 0 Å². The summed E-state index contributed by atoms with van der Waals surface area (Å²) < 4.78 is 55.8. The predicted molar refractivity (Wildman–Crippen MR) is 130 cm³/mol. The fourth-order valence-corrected chi connectivity index (χ4v) is 4.32. The number of hydrogen-bond acceptors (Lipinski definition) is 6. The highest BCUT2D eigenvalue weighted by atomic mass is 32.2. The summed E-state index contributed by atoms with van der Waals surface area (Å²) in [5.41, 5.74) is 9.61. The zero-order valence-electron chi connectivity index (χ0n) is 18.3. The molecule has 0 aliphatic carbocycles. The number of pyridine rings is 2. The van der Waals surface area contributed by atoms with Crippen LogP contribution in [0.5, 0.6) is 0 Å². The third-order valence-corrected chi connectivity index (χ3v) is 5.85. The lowest BCUT2D eigenvalue weighted by Crippen LogP contribution is -2.10. The number of nitrogens with one attached hydrogen (secondary N) is 1. The van der Waals surface area contributed by atoms with Gasteiger partial charge in [0.1, 0.15) is 29.3 Å². The quantitative estimate of drug-likeness (QED) is 0.376. The summed E-state index contributed by atoms with van der Waals surface area (Å²) >= 11 is 0. The molecule has 0 amide bonds. The molecule has 3 aromatic heterocycles. The lowest BCUT2D eigenvalue weighted by molar-refractivity contribution is 0.585. The first-order chi connectivity index (χ1) is 16.7. The Kier molecular flexibility index (Phi) is 5.40. The van der Waals surface area contributed by atoms with Crippen LogP contribution in [0.2, 0.25) is 0 Å². The Morgan fingerprint density at radius 2 is 1.74 bits per heavy atom. The van der Waals surface area contributed by atoms with Crippen molar-refractivity contribution in [1.82, 2.24) is 19.5 Å². The number of benzene rings is 2. The molecular formula is C24H18F2N6O2S. The maximum atomic E-state index is 14.5. The fraction of sp³-hybridized carbons (Fsp3) is 0.0417. The number of halogens is 2. The monoisotopic (exact) mass is 492 g/mol. The van der Waals surface area contributed by atoms with Crippen LogP contribution in [0, 0.1) is 11.6 Å². The van der Waals surface area contributed by atoms with Gasteiger partial charge in [-0.25, -0.2) is 32.2 Å². The van der Waals surface area contributed by atoms with Gasteiger partial charge in [0.15, 0.2) is 5.65 Å². The standard InChI is InChI=1S/C24H18F2N6O2S/c1-35(33,34)31-18-6-15(20-3-2-17(25)10-21(20)26)7-19(11-18)32-13-30-22-8-16(12-29-24(22)32)14-4-5-28-23(27)9-14/h2-13,31H,1H3,(H2,27,28). The van der Waals surface area contributed by atoms with Gasteiger partial charge in [0, 0.05) is 29.6 Å². The van der Waals surface area contributed by atoms with Gasteiger partial charge in [-0.05, 0) is 59.7 Å². The van der Waals surface area contributed by atoms with Crippen LogP contribution in [0.1, 0.15) is 0 Å². The van der Waals surface area contributed by atoms with Crippen molar-refractivity contribution in [3.63, 3.8) is 0 Å². The van der Waals surface area contributed by atoms with Gasteiger partial charge in [-0.1, -0.05) is 0 Å². The van der Waals surface area contributed by atoms with Crippen LogP contribution >= 0.6 is 0 Å². The molecule has 8 nitrogen and oxygen atoms in total. The van der Waals surface area contributed by atoms with E-state index >= 15 is 0 Å². The number of imidazole rings is 1. The molecule has 0 aliphatic rings. The number of sulfonamides is 1. The van der Waals surface area contributed by atoms with Gasteiger partial charge in [-0.15, -0.1) is 0 Å². The lowest BCUT2D eigenvalue weighted by Gasteiger charge is -2.13. The van der Waals surface area contributed by atoms with Gasteiger partial charge in [0.2, 0.25) is 10.0 Å². The number of aromatic nitrogens is 4. The molecule has 0 atom stereocenters. The summed E-state index contributed by atoms with van der Waals surface area (Å²) in [6.45, 7) is 0. The molecule has 5 rings (SSSR count). The predicted octanol–water partition coefficient (Wildman–Crippen LogP) is 4.38. The summed E-state index contributed by atoms with van der Waals surface area (Å²) in [6, 6.07) is 13.3. The van der Waals surface area contributed by atoms with Crippen LogP contribution in [-0.2, 0) is 10.0 Å². The van der Waals surface area contributed by atoms with E-state index in [9.17, 15) is 17.2 Å². The molecule has 5 aromatic rings. The Hall–Kier alpha value is -4.38. The van der Waals surface area contributed by atoms with Gasteiger partial charge >= 0.3 is 0 Å². The highest BCUT2D eigenvalue weighted by Crippen LogP contribution is 2.31. The largest absolute Gasteiger partial charge is 0.384 e. The van der Waals surface area contributed by atoms with Crippen LogP contribution in [0.4, 0.5) is 20.3 Å². The average molecular weight is 493 g/mol. The summed E-state index contributed by atoms with van der Waals surface area (Å²) in [6.07, 6.45) is 5.81. The first-order valence-electron chi connectivity index (χ1n) is 10.3. The highest BCUT2D eigenvalue weighted by Gasteiger charge is 2.14. The van der Waals surface area contributed by atoms with E-state index in [1.807, 2.05) is 6.07 Å². The minimum atomic E-state index is -3.62. The normalized spacial score (nSPS) is 11.6. The molecule has 0 radical (unpaired) electrons. The Morgan fingerprint density at radius 1 is 0.914 bits per heavy atom. The van der Waals surface area contributed by atoms with Gasteiger partial charge in [0.05, 0.1) is 17.6 Å². The van der Waals surface area contributed by atoms with Gasteiger partial charge < -0.3 is 5.73 Å². The van der Waals surface area contributed by atoms with E-state index in [2.05, 4.69) is 19.7 Å². The number of fused-ring (bicyclic) bond motifs is 1. The molecule has 0 saturated carbocycles. The molecule has 0 bridgehead atoms. The Balaban J connectivity index is 1.65. The molecule has 0 aliphatic heterocycles. The van der Waals surface area contributed by atoms with Crippen molar-refractivity contribution in [3.05, 3.63) is 85.0 Å². The maximum Gasteiger partial charge on any atom is 0.229 e. The molecule has 0 saturated heterocycles. The van der Waals surface area contributed by atoms with Gasteiger partial charge in [-0.3, -0.25) is 9.29 Å². The summed E-state index contributed by atoms with van der Waals surface area (Å²) in [5.74, 6) is -1.11. The van der Waals surface area contributed by atoms with E-state index in [1.54, 1.807) is 41.2 Å². The van der Waals surface area contributed by atoms with Crippen LogP contribution in [-0.4, -0.2) is 34.2 Å². The molecule has 0 unspecified atom stereocenters. The van der Waals surface area contributed by atoms with Crippen LogP contribution in [0.15, 0.2) is 73.3 Å². The topological polar surface area (TPSA) is 116 Å². The smallest absolute Gasteiger partial charge is 0.229 e. The summed E-state index contributed by atoms with van der Waals surface area (Å²) in [4.78, 5) is 13.0. The summed E-state index contributed by atoms with van der Waals surface area (Å²) in [5, 5.41) is 0. The number of nitrogens with zero attached hydrogens (tertiary/aromatic N) is 4. The second-order valence-electron chi connectivity index (χ2n) is 7.92. The van der Waals surface area contributed by atoms with Crippen molar-refractivity contribution in [1.29, 1.82) is 0 Å². The second kappa shape index (κ2) is 8.44. The van der Waals surface area contributed by atoms with Crippen LogP contribution in [0.25, 0.3) is 39.1 Å². The van der Waals surface area contributed by atoms with E-state index < -0.39 is 21.7 Å². The van der Waals surface area contributed by atoms with Crippen molar-refractivity contribution in [3.8, 4) is 27.9 Å². The van der Waals surface area contributed by atoms with E-state index in [4.69, 9.17) is 5.73 Å². The molecule has 3 heterocycles. The molecule has 11 heteroatoms. The van der Waals surface area contributed by atoms with Crippen molar-refractivity contribution in [2.75, 3.05) is 16.7 Å². The van der Waals surface area contributed by atoms with Crippen LogP contribution in [0.3, 0.4) is 0 Å². The molecule has 2 aromatic carbocycles. The van der Waals surface area contributed by atoms with E-state index in [0.717, 1.165) is 29.5 Å². The highest BCUT2D eigenvalue weighted by molar-refractivity contribution is 7.92. The number of nitrogen functional groups attached to an aromatic ring is 1. The van der Waals surface area contributed by atoms with E-state index in [1.165, 1.54) is 18.5 Å². The first-order valence-corrected chi connectivity index (χ1v) is 12.2. The molecule has 3 N–H and O–H groups in total. The number of rotatable bonds is 5. The summed E-state index contributed by atoms with van der Waals surface area (Å²) in [7, 11) is -3.62. The Labute approximate surface area is 199 Å². The molecule has 35 heavy (non-hydrogen) atoms. The van der Waals surface area contributed by atoms with Crippen LogP contribution < -0.4 is 10.5 Å². The third kappa shape index (κ3) is 4.66. The van der Waals surface area contributed by atoms with E-state index in [0.29, 0.717) is 28.2 Å². The van der Waals surface area contributed by atoms with Crippen molar-refractivity contribution < 1.29 is 17.2 Å². The zero-order chi connectivity index (χ0) is 24.7. The van der Waals surface area contributed by atoms with Crippen molar-refractivity contribution in [2.45, 2.75) is 0 Å². The molecule has 176 valence electrons. The Morgan fingerprint density at radius 3 is 2.49 bits per heavy atom. The van der Waals surface area contributed by atoms with Crippen molar-refractivity contribution in [2.24, 2.45) is 0 Å². The fourth-order valence-electron chi connectivity index (χ4n) is 3.78. The zero-order valence-corrected chi connectivity index (χ0v) is 19.1. The number of hydrogen-bond donors (Lipinski definition) is 2.